The molecule has 0 aromatic heterocycles. The molecule has 4 unspecified atom stereocenters. The van der Waals surface area contributed by atoms with Crippen molar-refractivity contribution in [1.82, 2.24) is 0 Å². The predicted molar refractivity (Wildman–Crippen MR) is 53.4 cm³/mol. The predicted octanol–water partition coefficient (Wildman–Crippen LogP) is 1.80. The van der Waals surface area contributed by atoms with E-state index in [9.17, 15) is 5.11 Å². The molecule has 0 heterocycles. The number of aliphatic hydroxyl groups is 2. The van der Waals surface area contributed by atoms with Gasteiger partial charge in [0.25, 0.3) is 0 Å². The minimum absolute atomic E-state index is 0.120. The maximum atomic E-state index is 9.75. The summed E-state index contributed by atoms with van der Waals surface area (Å²) in [6.07, 6.45) is 4.09. The largest absolute Gasteiger partial charge is 0.396 e. The van der Waals surface area contributed by atoms with Crippen LogP contribution in [0.1, 0.15) is 39.5 Å². The van der Waals surface area contributed by atoms with Crippen LogP contribution in [-0.4, -0.2) is 22.9 Å². The third kappa shape index (κ3) is 3.28. The average molecular weight is 186 g/mol. The molecule has 1 aliphatic rings. The van der Waals surface area contributed by atoms with E-state index in [0.29, 0.717) is 11.8 Å². The van der Waals surface area contributed by atoms with Crippen LogP contribution in [-0.2, 0) is 0 Å². The van der Waals surface area contributed by atoms with Crippen molar-refractivity contribution in [3.8, 4) is 0 Å². The van der Waals surface area contributed by atoms with Crippen molar-refractivity contribution < 1.29 is 10.2 Å². The maximum absolute atomic E-state index is 9.75. The molecule has 0 aromatic carbocycles. The Balaban J connectivity index is 2.37. The standard InChI is InChI=1S/C11H22O2/c1-8-3-4-11(13)10(5-8)6-9(2)7-12/h8-13H,3-7H2,1-2H3. The fourth-order valence-electron chi connectivity index (χ4n) is 2.33. The fourth-order valence-corrected chi connectivity index (χ4v) is 2.33. The summed E-state index contributed by atoms with van der Waals surface area (Å²) in [5.41, 5.74) is 0. The van der Waals surface area contributed by atoms with Gasteiger partial charge in [-0.3, -0.25) is 0 Å². The highest BCUT2D eigenvalue weighted by molar-refractivity contribution is 4.79. The lowest BCUT2D eigenvalue weighted by molar-refractivity contribution is 0.0347. The molecule has 4 atom stereocenters. The summed E-state index contributed by atoms with van der Waals surface area (Å²) in [5, 5.41) is 18.7. The van der Waals surface area contributed by atoms with Gasteiger partial charge in [-0.05, 0) is 43.4 Å². The smallest absolute Gasteiger partial charge is 0.0568 e. The Kier molecular flexibility index (Phi) is 4.20. The van der Waals surface area contributed by atoms with Crippen LogP contribution in [0.2, 0.25) is 0 Å². The Hall–Kier alpha value is -0.0800. The van der Waals surface area contributed by atoms with Gasteiger partial charge in [0.1, 0.15) is 0 Å². The average Bonchev–Trinajstić information content (AvgIpc) is 2.11. The lowest BCUT2D eigenvalue weighted by Gasteiger charge is -2.32. The fraction of sp³-hybridized carbons (Fsp3) is 1.00. The molecule has 2 heteroatoms. The van der Waals surface area contributed by atoms with E-state index in [1.54, 1.807) is 0 Å². The van der Waals surface area contributed by atoms with Gasteiger partial charge in [-0.1, -0.05) is 13.8 Å². The Morgan fingerprint density at radius 2 is 2.08 bits per heavy atom. The number of aliphatic hydroxyl groups excluding tert-OH is 2. The first-order chi connectivity index (χ1) is 6.13. The van der Waals surface area contributed by atoms with Crippen LogP contribution < -0.4 is 0 Å². The van der Waals surface area contributed by atoms with Crippen molar-refractivity contribution in [2.45, 2.75) is 45.6 Å². The Morgan fingerprint density at radius 3 is 2.69 bits per heavy atom. The quantitative estimate of drug-likeness (QED) is 0.705. The molecule has 0 bridgehead atoms. The van der Waals surface area contributed by atoms with Crippen LogP contribution in [0, 0.1) is 17.8 Å². The molecule has 1 rings (SSSR count). The summed E-state index contributed by atoms with van der Waals surface area (Å²) < 4.78 is 0. The first-order valence-corrected chi connectivity index (χ1v) is 5.42. The van der Waals surface area contributed by atoms with Crippen molar-refractivity contribution in [2.24, 2.45) is 17.8 Å². The zero-order chi connectivity index (χ0) is 9.84. The molecule has 0 aromatic rings. The summed E-state index contributed by atoms with van der Waals surface area (Å²) in [5.74, 6) is 1.51. The lowest BCUT2D eigenvalue weighted by atomic mass is 9.76. The van der Waals surface area contributed by atoms with E-state index in [2.05, 4.69) is 6.92 Å². The van der Waals surface area contributed by atoms with Gasteiger partial charge in [0.2, 0.25) is 0 Å². The normalized spacial score (nSPS) is 37.4. The van der Waals surface area contributed by atoms with E-state index >= 15 is 0 Å². The highest BCUT2D eigenvalue weighted by atomic mass is 16.3. The molecule has 2 N–H and O–H groups in total. The maximum Gasteiger partial charge on any atom is 0.0568 e. The van der Waals surface area contributed by atoms with Gasteiger partial charge in [0, 0.05) is 6.61 Å². The van der Waals surface area contributed by atoms with Crippen LogP contribution in [0.5, 0.6) is 0 Å². The first-order valence-electron chi connectivity index (χ1n) is 5.42. The number of hydrogen-bond donors (Lipinski definition) is 2. The van der Waals surface area contributed by atoms with Crippen molar-refractivity contribution in [3.05, 3.63) is 0 Å². The second kappa shape index (κ2) is 4.97. The van der Waals surface area contributed by atoms with E-state index in [-0.39, 0.29) is 12.7 Å². The Morgan fingerprint density at radius 1 is 1.38 bits per heavy atom. The highest BCUT2D eigenvalue weighted by Gasteiger charge is 2.27. The molecule has 2 nitrogen and oxygen atoms in total. The van der Waals surface area contributed by atoms with Crippen molar-refractivity contribution in [2.75, 3.05) is 6.61 Å². The molecule has 0 radical (unpaired) electrons. The molecular formula is C11H22O2. The van der Waals surface area contributed by atoms with Crippen molar-refractivity contribution in [3.63, 3.8) is 0 Å². The molecule has 0 amide bonds. The zero-order valence-electron chi connectivity index (χ0n) is 8.74. The number of hydrogen-bond acceptors (Lipinski definition) is 2. The summed E-state index contributed by atoms with van der Waals surface area (Å²) in [6.45, 7) is 4.55. The molecule has 13 heavy (non-hydrogen) atoms. The second-order valence-corrected chi connectivity index (χ2v) is 4.77. The first kappa shape index (κ1) is 11.0. The van der Waals surface area contributed by atoms with Gasteiger partial charge in [0.15, 0.2) is 0 Å². The van der Waals surface area contributed by atoms with Gasteiger partial charge < -0.3 is 10.2 Å². The van der Waals surface area contributed by atoms with Crippen molar-refractivity contribution >= 4 is 0 Å². The summed E-state index contributed by atoms with van der Waals surface area (Å²) >= 11 is 0. The molecule has 1 saturated carbocycles. The van der Waals surface area contributed by atoms with E-state index in [4.69, 9.17) is 5.11 Å². The summed E-state index contributed by atoms with van der Waals surface area (Å²) in [7, 11) is 0. The van der Waals surface area contributed by atoms with Crippen molar-refractivity contribution in [1.29, 1.82) is 0 Å². The van der Waals surface area contributed by atoms with E-state index in [1.165, 1.54) is 0 Å². The van der Waals surface area contributed by atoms with Gasteiger partial charge in [-0.15, -0.1) is 0 Å². The highest BCUT2D eigenvalue weighted by Crippen LogP contribution is 2.32. The van der Waals surface area contributed by atoms with Crippen LogP contribution in [0.25, 0.3) is 0 Å². The topological polar surface area (TPSA) is 40.5 Å². The van der Waals surface area contributed by atoms with Gasteiger partial charge in [0.05, 0.1) is 6.10 Å². The third-order valence-electron chi connectivity index (χ3n) is 3.22. The molecule has 0 aliphatic heterocycles. The summed E-state index contributed by atoms with van der Waals surface area (Å²) in [4.78, 5) is 0. The van der Waals surface area contributed by atoms with Gasteiger partial charge in [-0.25, -0.2) is 0 Å². The third-order valence-corrected chi connectivity index (χ3v) is 3.22. The minimum atomic E-state index is -0.120. The Bertz CT molecular complexity index is 147. The van der Waals surface area contributed by atoms with Gasteiger partial charge in [-0.2, -0.15) is 0 Å². The van der Waals surface area contributed by atoms with E-state index in [1.807, 2.05) is 6.92 Å². The molecular weight excluding hydrogens is 164 g/mol. The molecule has 1 aliphatic carbocycles. The zero-order valence-corrected chi connectivity index (χ0v) is 8.74. The number of rotatable bonds is 3. The van der Waals surface area contributed by atoms with E-state index < -0.39 is 0 Å². The molecule has 0 saturated heterocycles. The second-order valence-electron chi connectivity index (χ2n) is 4.77. The minimum Gasteiger partial charge on any atom is -0.396 e. The van der Waals surface area contributed by atoms with E-state index in [0.717, 1.165) is 31.6 Å². The van der Waals surface area contributed by atoms with Crippen LogP contribution in [0.3, 0.4) is 0 Å². The van der Waals surface area contributed by atoms with Crippen LogP contribution in [0.15, 0.2) is 0 Å². The molecule has 78 valence electrons. The van der Waals surface area contributed by atoms with Crippen LogP contribution >= 0.6 is 0 Å². The SMILES string of the molecule is CC(CO)CC1CC(C)CCC1O. The monoisotopic (exact) mass is 186 g/mol. The van der Waals surface area contributed by atoms with Gasteiger partial charge >= 0.3 is 0 Å². The summed E-state index contributed by atoms with van der Waals surface area (Å²) in [6, 6.07) is 0. The van der Waals surface area contributed by atoms with Crippen LogP contribution in [0.4, 0.5) is 0 Å². The Labute approximate surface area is 81.0 Å². The molecule has 1 fully saturated rings. The lowest BCUT2D eigenvalue weighted by Crippen LogP contribution is -2.30. The molecule has 0 spiro atoms.